The van der Waals surface area contributed by atoms with Crippen molar-refractivity contribution in [2.75, 3.05) is 26.9 Å². The van der Waals surface area contributed by atoms with Crippen molar-refractivity contribution >= 4 is 17.8 Å². The summed E-state index contributed by atoms with van der Waals surface area (Å²) in [7, 11) is 1.46. The minimum absolute atomic E-state index is 0.174. The van der Waals surface area contributed by atoms with Crippen molar-refractivity contribution in [3.05, 3.63) is 24.3 Å². The van der Waals surface area contributed by atoms with Crippen LogP contribution in [0.25, 0.3) is 0 Å². The number of nitrogens with one attached hydrogen (secondary N) is 2. The molecule has 15 atom stereocenters. The number of hydrogen-bond donors (Lipinski definition) is 9. The zero-order chi connectivity index (χ0) is 37.6. The first-order chi connectivity index (χ1) is 24.2. The Morgan fingerprint density at radius 1 is 0.627 bits per heavy atom. The zero-order valence-electron chi connectivity index (χ0n) is 28.2. The summed E-state index contributed by atoms with van der Waals surface area (Å²) in [6.45, 7) is 0.984. The van der Waals surface area contributed by atoms with E-state index in [1.165, 1.54) is 19.2 Å². The predicted octanol–water partition coefficient (Wildman–Crippen LogP) is -4.62. The lowest BCUT2D eigenvalue weighted by molar-refractivity contribution is -0.365. The summed E-state index contributed by atoms with van der Waals surface area (Å²) >= 11 is 0. The van der Waals surface area contributed by atoms with Gasteiger partial charge in [-0.3, -0.25) is 14.4 Å². The van der Waals surface area contributed by atoms with Gasteiger partial charge in [0, 0.05) is 20.8 Å². The Balaban J connectivity index is 1.71. The molecule has 0 radical (unpaired) electrons. The third-order valence-corrected chi connectivity index (χ3v) is 8.47. The highest BCUT2D eigenvalue weighted by Gasteiger charge is 2.55. The number of hydrogen-bond acceptors (Lipinski definition) is 18. The molecule has 0 aliphatic carbocycles. The molecule has 0 aromatic heterocycles. The molecule has 3 fully saturated rings. The topological polar surface area (TPSA) is 291 Å². The average molecular weight is 735 g/mol. The van der Waals surface area contributed by atoms with Gasteiger partial charge in [0.05, 0.1) is 26.9 Å². The standard InChI is InChI=1S/C31H46N2O18/c1-12(37)32-20-23(41)22(40)17(9-34)47-29(20)50-27-19(11-36)49-31(46-16-7-5-15(44-4)6-8-16)28(25(27)43)51-30-21(33-13(2)38)24(42)26(45-14(3)39)18(10-35)48-30/h5-8,17-31,34-36,40-43H,9-11H2,1-4H3,(H,32,37)(H,33,38)/t17?,18?,19?,20?,21?,22-,23?,24?,25?,26-,27-,28?,29+,30+,31+/m1/s1. The van der Waals surface area contributed by atoms with Crippen molar-refractivity contribution in [3.63, 3.8) is 0 Å². The largest absolute Gasteiger partial charge is 0.497 e. The maximum Gasteiger partial charge on any atom is 0.303 e. The molecule has 3 heterocycles. The number of carbonyl (C=O) groups is 3. The Labute approximate surface area is 292 Å². The quantitative estimate of drug-likeness (QED) is 0.0862. The highest BCUT2D eigenvalue weighted by molar-refractivity contribution is 5.73. The van der Waals surface area contributed by atoms with E-state index in [9.17, 15) is 50.1 Å². The van der Waals surface area contributed by atoms with Gasteiger partial charge in [-0.05, 0) is 24.3 Å². The maximum atomic E-state index is 12.2. The molecule has 9 N–H and O–H groups in total. The van der Waals surface area contributed by atoms with Crippen LogP contribution in [-0.2, 0) is 42.8 Å². The van der Waals surface area contributed by atoms with E-state index in [-0.39, 0.29) is 5.75 Å². The van der Waals surface area contributed by atoms with E-state index in [0.29, 0.717) is 5.75 Å². The molecule has 51 heavy (non-hydrogen) atoms. The molecule has 1 aromatic carbocycles. The maximum absolute atomic E-state index is 12.2. The van der Waals surface area contributed by atoms with Crippen LogP contribution in [0.1, 0.15) is 20.8 Å². The van der Waals surface area contributed by atoms with Gasteiger partial charge in [0.15, 0.2) is 24.8 Å². The minimum Gasteiger partial charge on any atom is -0.497 e. The Morgan fingerprint density at radius 2 is 1.10 bits per heavy atom. The molecule has 9 unspecified atom stereocenters. The van der Waals surface area contributed by atoms with E-state index in [2.05, 4.69) is 10.6 Å². The van der Waals surface area contributed by atoms with Crippen molar-refractivity contribution in [1.82, 2.24) is 10.6 Å². The van der Waals surface area contributed by atoms with Crippen molar-refractivity contribution in [2.24, 2.45) is 0 Å². The van der Waals surface area contributed by atoms with Gasteiger partial charge in [-0.2, -0.15) is 0 Å². The summed E-state index contributed by atoms with van der Waals surface area (Å²) in [5.74, 6) is -1.47. The summed E-state index contributed by atoms with van der Waals surface area (Å²) < 4.78 is 46.0. The Morgan fingerprint density at radius 3 is 1.61 bits per heavy atom. The number of carbonyl (C=O) groups excluding carboxylic acids is 3. The third-order valence-electron chi connectivity index (χ3n) is 8.47. The van der Waals surface area contributed by atoms with Crippen LogP contribution in [0.2, 0.25) is 0 Å². The predicted molar refractivity (Wildman–Crippen MR) is 165 cm³/mol. The van der Waals surface area contributed by atoms with Gasteiger partial charge in [-0.1, -0.05) is 0 Å². The summed E-state index contributed by atoms with van der Waals surface area (Å²) in [5, 5.41) is 79.4. The molecule has 0 bridgehead atoms. The average Bonchev–Trinajstić information content (AvgIpc) is 3.09. The molecular weight excluding hydrogens is 688 g/mol. The summed E-state index contributed by atoms with van der Waals surface area (Å²) in [5.41, 5.74) is 0. The monoisotopic (exact) mass is 734 g/mol. The molecular formula is C31H46N2O18. The summed E-state index contributed by atoms with van der Waals surface area (Å²) in [6, 6.07) is 3.23. The van der Waals surface area contributed by atoms with Crippen LogP contribution in [-0.4, -0.2) is 172 Å². The van der Waals surface area contributed by atoms with E-state index in [4.69, 9.17) is 37.9 Å². The molecule has 4 rings (SSSR count). The van der Waals surface area contributed by atoms with Crippen molar-refractivity contribution in [3.8, 4) is 11.5 Å². The molecule has 3 aliphatic rings. The molecule has 0 saturated carbocycles. The van der Waals surface area contributed by atoms with Gasteiger partial charge >= 0.3 is 5.97 Å². The number of rotatable bonds is 13. The summed E-state index contributed by atoms with van der Waals surface area (Å²) in [6.07, 6.45) is -20.8. The Bertz CT molecular complexity index is 1310. The second-order valence-corrected chi connectivity index (χ2v) is 12.2. The second kappa shape index (κ2) is 18.0. The first-order valence-electron chi connectivity index (χ1n) is 16.1. The van der Waals surface area contributed by atoms with Crippen molar-refractivity contribution in [2.45, 2.75) is 113 Å². The SMILES string of the molecule is COc1ccc(O[C@H]2OC(CO)[C@@H](O[C@@H]3OC(CO)[C@@H](O)C(O)C3NC(C)=O)C(O)C2O[C@@H]2OC(CO)[C@@H](OC(C)=O)C(O)C2NC(C)=O)cc1. The fourth-order valence-corrected chi connectivity index (χ4v) is 6.04. The molecule has 20 nitrogen and oxygen atoms in total. The van der Waals surface area contributed by atoms with E-state index >= 15 is 0 Å². The van der Waals surface area contributed by atoms with Gasteiger partial charge in [-0.15, -0.1) is 0 Å². The normalized spacial score (nSPS) is 38.3. The number of methoxy groups -OCH3 is 1. The fraction of sp³-hybridized carbons (Fsp3) is 0.710. The molecule has 3 saturated heterocycles. The first kappa shape index (κ1) is 40.5. The van der Waals surface area contributed by atoms with E-state index < -0.39 is 130 Å². The second-order valence-electron chi connectivity index (χ2n) is 12.2. The van der Waals surface area contributed by atoms with Gasteiger partial charge < -0.3 is 84.3 Å². The number of ether oxygens (including phenoxy) is 8. The first-order valence-corrected chi connectivity index (χ1v) is 16.1. The van der Waals surface area contributed by atoms with Crippen LogP contribution in [0.5, 0.6) is 11.5 Å². The molecule has 3 aliphatic heterocycles. The number of aliphatic hydroxyl groups is 7. The van der Waals surface area contributed by atoms with Gasteiger partial charge in [-0.25, -0.2) is 0 Å². The Hall–Kier alpha value is -3.25. The number of benzene rings is 1. The smallest absolute Gasteiger partial charge is 0.303 e. The van der Waals surface area contributed by atoms with E-state index in [1.807, 2.05) is 0 Å². The van der Waals surface area contributed by atoms with Crippen LogP contribution in [0.3, 0.4) is 0 Å². The number of esters is 1. The van der Waals surface area contributed by atoms with E-state index in [1.54, 1.807) is 12.1 Å². The minimum atomic E-state index is -1.87. The van der Waals surface area contributed by atoms with Crippen LogP contribution in [0.15, 0.2) is 24.3 Å². The molecule has 0 spiro atoms. The fourth-order valence-electron chi connectivity index (χ4n) is 6.04. The van der Waals surface area contributed by atoms with Gasteiger partial charge in [0.1, 0.15) is 72.4 Å². The van der Waals surface area contributed by atoms with Gasteiger partial charge in [0.2, 0.25) is 18.1 Å². The number of aliphatic hydroxyl groups excluding tert-OH is 7. The highest BCUT2D eigenvalue weighted by Crippen LogP contribution is 2.34. The van der Waals surface area contributed by atoms with Crippen LogP contribution in [0.4, 0.5) is 0 Å². The Kier molecular flexibility index (Phi) is 14.3. The lowest BCUT2D eigenvalue weighted by Gasteiger charge is -2.49. The van der Waals surface area contributed by atoms with Crippen molar-refractivity contribution < 1.29 is 88.0 Å². The highest BCUT2D eigenvalue weighted by atomic mass is 16.8. The van der Waals surface area contributed by atoms with Crippen LogP contribution >= 0.6 is 0 Å². The lowest BCUT2D eigenvalue weighted by atomic mass is 9.94. The molecule has 20 heteroatoms. The molecule has 288 valence electrons. The van der Waals surface area contributed by atoms with Crippen LogP contribution < -0.4 is 20.1 Å². The lowest BCUT2D eigenvalue weighted by Crippen LogP contribution is -2.70. The van der Waals surface area contributed by atoms with Crippen molar-refractivity contribution in [1.29, 1.82) is 0 Å². The molecule has 1 aromatic rings. The van der Waals surface area contributed by atoms with E-state index in [0.717, 1.165) is 20.8 Å². The zero-order valence-corrected chi connectivity index (χ0v) is 28.2. The van der Waals surface area contributed by atoms with Gasteiger partial charge in [0.25, 0.3) is 0 Å². The summed E-state index contributed by atoms with van der Waals surface area (Å²) in [4.78, 5) is 36.0. The molecule has 2 amide bonds. The number of amides is 2. The third kappa shape index (κ3) is 9.60. The van der Waals surface area contributed by atoms with Crippen LogP contribution in [0, 0.1) is 0 Å².